The summed E-state index contributed by atoms with van der Waals surface area (Å²) in [5.74, 6) is 2.31. The molecule has 0 spiro atoms. The number of hydrogen-bond donors (Lipinski definition) is 0. The number of hydrogen-bond acceptors (Lipinski definition) is 5. The summed E-state index contributed by atoms with van der Waals surface area (Å²) in [4.78, 5) is 11.3. The summed E-state index contributed by atoms with van der Waals surface area (Å²) in [5, 5.41) is 0. The molecule has 2 aromatic rings. The van der Waals surface area contributed by atoms with Gasteiger partial charge in [-0.2, -0.15) is 0 Å². The molecule has 5 nitrogen and oxygen atoms in total. The summed E-state index contributed by atoms with van der Waals surface area (Å²) in [5.41, 5.74) is 1.81. The number of methoxy groups -OCH3 is 2. The molecule has 2 heterocycles. The molecule has 0 aliphatic carbocycles. The Labute approximate surface area is 124 Å². The molecule has 21 heavy (non-hydrogen) atoms. The number of anilines is 1. The van der Waals surface area contributed by atoms with E-state index in [1.807, 2.05) is 24.3 Å². The molecule has 1 fully saturated rings. The van der Waals surface area contributed by atoms with Crippen LogP contribution in [-0.2, 0) is 0 Å². The van der Waals surface area contributed by atoms with Crippen LogP contribution in [0, 0.1) is 0 Å². The summed E-state index contributed by atoms with van der Waals surface area (Å²) in [6.07, 6.45) is 4.22. The molecule has 1 aromatic carbocycles. The van der Waals surface area contributed by atoms with Crippen molar-refractivity contribution in [3.8, 4) is 22.8 Å². The highest BCUT2D eigenvalue weighted by Crippen LogP contribution is 2.32. The Morgan fingerprint density at radius 3 is 2.57 bits per heavy atom. The van der Waals surface area contributed by atoms with Crippen LogP contribution in [-0.4, -0.2) is 37.3 Å². The molecule has 5 heteroatoms. The molecule has 1 aromatic heterocycles. The van der Waals surface area contributed by atoms with E-state index in [0.717, 1.165) is 41.8 Å². The van der Waals surface area contributed by atoms with Gasteiger partial charge in [-0.3, -0.25) is 0 Å². The Kier molecular flexibility index (Phi) is 3.90. The monoisotopic (exact) mass is 285 g/mol. The molecule has 0 atom stereocenters. The van der Waals surface area contributed by atoms with E-state index in [9.17, 15) is 0 Å². The highest BCUT2D eigenvalue weighted by atomic mass is 16.5. The summed E-state index contributed by atoms with van der Waals surface area (Å²) in [7, 11) is 3.30. The molecule has 3 rings (SSSR count). The fraction of sp³-hybridized carbons (Fsp3) is 0.375. The van der Waals surface area contributed by atoms with Gasteiger partial charge >= 0.3 is 0 Å². The Balaban J connectivity index is 1.98. The largest absolute Gasteiger partial charge is 0.497 e. The minimum absolute atomic E-state index is 0.750. The van der Waals surface area contributed by atoms with Crippen LogP contribution in [0.25, 0.3) is 11.3 Å². The van der Waals surface area contributed by atoms with Crippen molar-refractivity contribution in [1.29, 1.82) is 0 Å². The number of aromatic nitrogens is 2. The van der Waals surface area contributed by atoms with Crippen molar-refractivity contribution in [3.05, 3.63) is 30.5 Å². The standard InChI is InChI=1S/C16H19N3O2/c1-20-12-5-6-13(15(11-12)21-2)14-7-8-17-16(18-14)19-9-3-4-10-19/h5-8,11H,3-4,9-10H2,1-2H3. The first-order chi connectivity index (χ1) is 10.3. The Bertz CT molecular complexity index is 625. The summed E-state index contributed by atoms with van der Waals surface area (Å²) in [6.45, 7) is 2.06. The van der Waals surface area contributed by atoms with E-state index in [1.54, 1.807) is 20.4 Å². The first-order valence-electron chi connectivity index (χ1n) is 7.12. The van der Waals surface area contributed by atoms with Gasteiger partial charge < -0.3 is 14.4 Å². The predicted octanol–water partition coefficient (Wildman–Crippen LogP) is 2.76. The average molecular weight is 285 g/mol. The van der Waals surface area contributed by atoms with Gasteiger partial charge in [0.05, 0.1) is 19.9 Å². The van der Waals surface area contributed by atoms with Gasteiger partial charge in [-0.05, 0) is 31.0 Å². The second-order valence-corrected chi connectivity index (χ2v) is 5.00. The van der Waals surface area contributed by atoms with Gasteiger partial charge in [-0.1, -0.05) is 0 Å². The van der Waals surface area contributed by atoms with Crippen molar-refractivity contribution < 1.29 is 9.47 Å². The van der Waals surface area contributed by atoms with Crippen LogP contribution in [0.4, 0.5) is 5.95 Å². The van der Waals surface area contributed by atoms with Crippen molar-refractivity contribution >= 4 is 5.95 Å². The molecular weight excluding hydrogens is 266 g/mol. The lowest BCUT2D eigenvalue weighted by Gasteiger charge is -2.16. The zero-order chi connectivity index (χ0) is 14.7. The van der Waals surface area contributed by atoms with Crippen LogP contribution < -0.4 is 14.4 Å². The van der Waals surface area contributed by atoms with Crippen molar-refractivity contribution in [1.82, 2.24) is 9.97 Å². The van der Waals surface area contributed by atoms with E-state index in [0.29, 0.717) is 0 Å². The smallest absolute Gasteiger partial charge is 0.225 e. The lowest BCUT2D eigenvalue weighted by Crippen LogP contribution is -2.20. The molecule has 0 saturated carbocycles. The van der Waals surface area contributed by atoms with Crippen LogP contribution in [0.3, 0.4) is 0 Å². The minimum Gasteiger partial charge on any atom is -0.497 e. The number of benzene rings is 1. The number of rotatable bonds is 4. The van der Waals surface area contributed by atoms with E-state index >= 15 is 0 Å². The van der Waals surface area contributed by atoms with Crippen molar-refractivity contribution in [2.75, 3.05) is 32.2 Å². The van der Waals surface area contributed by atoms with E-state index in [4.69, 9.17) is 9.47 Å². The molecule has 0 N–H and O–H groups in total. The summed E-state index contributed by atoms with van der Waals surface area (Å²) < 4.78 is 10.7. The summed E-state index contributed by atoms with van der Waals surface area (Å²) >= 11 is 0. The van der Waals surface area contributed by atoms with Gasteiger partial charge in [-0.15, -0.1) is 0 Å². The highest BCUT2D eigenvalue weighted by molar-refractivity contribution is 5.69. The van der Waals surface area contributed by atoms with Crippen molar-refractivity contribution in [3.63, 3.8) is 0 Å². The van der Waals surface area contributed by atoms with Gasteiger partial charge in [0.15, 0.2) is 0 Å². The molecule has 0 unspecified atom stereocenters. The van der Waals surface area contributed by atoms with Crippen molar-refractivity contribution in [2.24, 2.45) is 0 Å². The van der Waals surface area contributed by atoms with E-state index in [1.165, 1.54) is 12.8 Å². The average Bonchev–Trinajstić information content (AvgIpc) is 3.09. The molecule has 0 amide bonds. The zero-order valence-corrected chi connectivity index (χ0v) is 12.4. The predicted molar refractivity (Wildman–Crippen MR) is 82.0 cm³/mol. The third kappa shape index (κ3) is 2.77. The lowest BCUT2D eigenvalue weighted by atomic mass is 10.1. The zero-order valence-electron chi connectivity index (χ0n) is 12.4. The third-order valence-electron chi connectivity index (χ3n) is 3.72. The molecule has 1 saturated heterocycles. The van der Waals surface area contributed by atoms with Gasteiger partial charge in [0.2, 0.25) is 5.95 Å². The summed E-state index contributed by atoms with van der Waals surface area (Å²) in [6, 6.07) is 7.65. The molecule has 1 aliphatic heterocycles. The normalized spacial score (nSPS) is 14.3. The maximum absolute atomic E-state index is 5.45. The maximum atomic E-state index is 5.45. The molecule has 0 radical (unpaired) electrons. The van der Waals surface area contributed by atoms with Crippen LogP contribution in [0.1, 0.15) is 12.8 Å². The molecule has 0 bridgehead atoms. The third-order valence-corrected chi connectivity index (χ3v) is 3.72. The van der Waals surface area contributed by atoms with Crippen LogP contribution in [0.15, 0.2) is 30.5 Å². The van der Waals surface area contributed by atoms with Crippen LogP contribution >= 0.6 is 0 Å². The molecule has 110 valence electrons. The Morgan fingerprint density at radius 1 is 1.05 bits per heavy atom. The van der Waals surface area contributed by atoms with E-state index < -0.39 is 0 Å². The Hall–Kier alpha value is -2.30. The van der Waals surface area contributed by atoms with Crippen LogP contribution in [0.5, 0.6) is 11.5 Å². The molecule has 1 aliphatic rings. The second-order valence-electron chi connectivity index (χ2n) is 5.00. The number of ether oxygens (including phenoxy) is 2. The highest BCUT2D eigenvalue weighted by Gasteiger charge is 2.16. The fourth-order valence-corrected chi connectivity index (χ4v) is 2.58. The SMILES string of the molecule is COc1ccc(-c2ccnc(N3CCCC3)n2)c(OC)c1. The fourth-order valence-electron chi connectivity index (χ4n) is 2.58. The lowest BCUT2D eigenvalue weighted by molar-refractivity contribution is 0.395. The van der Waals surface area contributed by atoms with Gasteiger partial charge in [0.25, 0.3) is 0 Å². The molecular formula is C16H19N3O2. The minimum atomic E-state index is 0.750. The van der Waals surface area contributed by atoms with Gasteiger partial charge in [-0.25, -0.2) is 9.97 Å². The second kappa shape index (κ2) is 5.99. The quantitative estimate of drug-likeness (QED) is 0.864. The Morgan fingerprint density at radius 2 is 1.86 bits per heavy atom. The van der Waals surface area contributed by atoms with Crippen LogP contribution in [0.2, 0.25) is 0 Å². The topological polar surface area (TPSA) is 47.5 Å². The first kappa shape index (κ1) is 13.7. The maximum Gasteiger partial charge on any atom is 0.225 e. The van der Waals surface area contributed by atoms with E-state index in [2.05, 4.69) is 14.9 Å². The first-order valence-corrected chi connectivity index (χ1v) is 7.12. The van der Waals surface area contributed by atoms with Gasteiger partial charge in [0.1, 0.15) is 11.5 Å². The number of nitrogens with zero attached hydrogens (tertiary/aromatic N) is 3. The van der Waals surface area contributed by atoms with Gasteiger partial charge in [0, 0.05) is 30.9 Å². The van der Waals surface area contributed by atoms with E-state index in [-0.39, 0.29) is 0 Å². The van der Waals surface area contributed by atoms with Crippen molar-refractivity contribution in [2.45, 2.75) is 12.8 Å².